The molecule has 0 saturated carbocycles. The first-order valence-electron chi connectivity index (χ1n) is 19.1. The van der Waals surface area contributed by atoms with E-state index < -0.39 is 0 Å². The Hall–Kier alpha value is -7.42. The predicted octanol–water partition coefficient (Wildman–Crippen LogP) is 14.6. The Bertz CT molecular complexity index is 3290. The molecule has 0 N–H and O–H groups in total. The average molecular weight is 711 g/mol. The third kappa shape index (κ3) is 5.42. The van der Waals surface area contributed by atoms with Crippen molar-refractivity contribution >= 4 is 53.9 Å². The predicted molar refractivity (Wildman–Crippen MR) is 237 cm³/mol. The van der Waals surface area contributed by atoms with Crippen molar-refractivity contribution in [2.24, 2.45) is 0 Å². The number of hydrogen-bond acceptors (Lipinski definition) is 2. The number of nitrogens with zero attached hydrogens (tertiary/aromatic N) is 2. The van der Waals surface area contributed by atoms with Crippen LogP contribution in [-0.2, 0) is 0 Å². The van der Waals surface area contributed by atoms with Gasteiger partial charge in [-0.25, -0.2) is 9.97 Å². The van der Waals surface area contributed by atoms with Crippen LogP contribution < -0.4 is 0 Å². The van der Waals surface area contributed by atoms with E-state index in [1.807, 2.05) is 18.2 Å². The van der Waals surface area contributed by atoms with Gasteiger partial charge in [-0.05, 0) is 100 Å². The van der Waals surface area contributed by atoms with Crippen molar-refractivity contribution in [3.05, 3.63) is 206 Å². The second-order valence-electron chi connectivity index (χ2n) is 14.5. The van der Waals surface area contributed by atoms with E-state index in [0.29, 0.717) is 5.82 Å². The van der Waals surface area contributed by atoms with E-state index in [4.69, 9.17) is 9.97 Å². The van der Waals surface area contributed by atoms with Gasteiger partial charge in [0.05, 0.1) is 11.4 Å². The first-order valence-corrected chi connectivity index (χ1v) is 19.1. The number of rotatable bonds is 5. The molecule has 10 aromatic carbocycles. The number of aromatic nitrogens is 2. The van der Waals surface area contributed by atoms with Crippen molar-refractivity contribution in [3.8, 4) is 56.2 Å². The zero-order chi connectivity index (χ0) is 37.0. The van der Waals surface area contributed by atoms with Gasteiger partial charge in [0.15, 0.2) is 5.82 Å². The Labute approximate surface area is 325 Å². The largest absolute Gasteiger partial charge is 0.228 e. The highest BCUT2D eigenvalue weighted by molar-refractivity contribution is 6.28. The molecule has 0 aliphatic heterocycles. The van der Waals surface area contributed by atoms with E-state index in [1.165, 1.54) is 70.7 Å². The minimum absolute atomic E-state index is 0.714. The Morgan fingerprint density at radius 1 is 0.250 bits per heavy atom. The molecule has 0 spiro atoms. The zero-order valence-corrected chi connectivity index (χ0v) is 30.5. The van der Waals surface area contributed by atoms with Crippen LogP contribution in [-0.4, -0.2) is 9.97 Å². The molecule has 0 saturated heterocycles. The van der Waals surface area contributed by atoms with Crippen LogP contribution >= 0.6 is 0 Å². The third-order valence-electron chi connectivity index (χ3n) is 11.2. The van der Waals surface area contributed by atoms with Gasteiger partial charge in [-0.3, -0.25) is 0 Å². The van der Waals surface area contributed by atoms with Crippen molar-refractivity contribution < 1.29 is 0 Å². The maximum Gasteiger partial charge on any atom is 0.160 e. The molecule has 260 valence electrons. The normalized spacial score (nSPS) is 11.6. The first-order chi connectivity index (χ1) is 27.7. The third-order valence-corrected chi connectivity index (χ3v) is 11.2. The summed E-state index contributed by atoms with van der Waals surface area (Å²) in [6.07, 6.45) is 0. The van der Waals surface area contributed by atoms with Crippen molar-refractivity contribution in [1.82, 2.24) is 9.97 Å². The van der Waals surface area contributed by atoms with E-state index >= 15 is 0 Å². The molecule has 0 atom stereocenters. The van der Waals surface area contributed by atoms with Crippen molar-refractivity contribution in [2.45, 2.75) is 0 Å². The van der Waals surface area contributed by atoms with Crippen LogP contribution in [0.15, 0.2) is 206 Å². The molecule has 0 amide bonds. The van der Waals surface area contributed by atoms with Crippen molar-refractivity contribution in [1.29, 1.82) is 0 Å². The molecule has 0 bridgehead atoms. The summed E-state index contributed by atoms with van der Waals surface area (Å²) >= 11 is 0. The van der Waals surface area contributed by atoms with Crippen LogP contribution in [0.3, 0.4) is 0 Å². The van der Waals surface area contributed by atoms with Gasteiger partial charge in [-0.1, -0.05) is 182 Å². The van der Waals surface area contributed by atoms with Gasteiger partial charge in [0, 0.05) is 16.7 Å². The highest BCUT2D eigenvalue weighted by Gasteiger charge is 2.19. The number of benzene rings is 10. The van der Waals surface area contributed by atoms with Gasteiger partial charge >= 0.3 is 0 Å². The van der Waals surface area contributed by atoms with Gasteiger partial charge in [0.2, 0.25) is 0 Å². The SMILES string of the molecule is c1ccc(-c2nc(-c3ccc4ccccc4c3)cc(-c3ccc4cc(-c5c6ccccc6c(-c6ccccc6)c6ccc7ccccc7c56)ccc4c3)n2)cc1. The zero-order valence-electron chi connectivity index (χ0n) is 30.5. The fourth-order valence-electron chi connectivity index (χ4n) is 8.53. The van der Waals surface area contributed by atoms with Gasteiger partial charge < -0.3 is 0 Å². The highest BCUT2D eigenvalue weighted by atomic mass is 14.9. The summed E-state index contributed by atoms with van der Waals surface area (Å²) in [5, 5.41) is 12.3. The van der Waals surface area contributed by atoms with Gasteiger partial charge in [-0.15, -0.1) is 0 Å². The molecule has 0 radical (unpaired) electrons. The minimum Gasteiger partial charge on any atom is -0.228 e. The maximum absolute atomic E-state index is 5.15. The van der Waals surface area contributed by atoms with Gasteiger partial charge in [0.25, 0.3) is 0 Å². The van der Waals surface area contributed by atoms with Crippen molar-refractivity contribution in [2.75, 3.05) is 0 Å². The summed E-state index contributed by atoms with van der Waals surface area (Å²) in [7, 11) is 0. The van der Waals surface area contributed by atoms with E-state index in [9.17, 15) is 0 Å². The Morgan fingerprint density at radius 2 is 0.714 bits per heavy atom. The van der Waals surface area contributed by atoms with E-state index in [2.05, 4.69) is 188 Å². The smallest absolute Gasteiger partial charge is 0.160 e. The lowest BCUT2D eigenvalue weighted by molar-refractivity contribution is 1.18. The fraction of sp³-hybridized carbons (Fsp3) is 0. The molecule has 56 heavy (non-hydrogen) atoms. The summed E-state index contributed by atoms with van der Waals surface area (Å²) in [5.74, 6) is 0.714. The van der Waals surface area contributed by atoms with Crippen LogP contribution in [0.1, 0.15) is 0 Å². The topological polar surface area (TPSA) is 25.8 Å². The highest BCUT2D eigenvalue weighted by Crippen LogP contribution is 2.46. The van der Waals surface area contributed by atoms with Gasteiger partial charge in [-0.2, -0.15) is 0 Å². The molecular formula is C54H34N2. The van der Waals surface area contributed by atoms with Crippen LogP contribution in [0.5, 0.6) is 0 Å². The number of hydrogen-bond donors (Lipinski definition) is 0. The molecule has 0 aliphatic carbocycles. The lowest BCUT2D eigenvalue weighted by atomic mass is 9.83. The van der Waals surface area contributed by atoms with Gasteiger partial charge in [0.1, 0.15) is 0 Å². The van der Waals surface area contributed by atoms with E-state index in [0.717, 1.165) is 33.5 Å². The lowest BCUT2D eigenvalue weighted by Gasteiger charge is -2.19. The van der Waals surface area contributed by atoms with Crippen LogP contribution in [0, 0.1) is 0 Å². The first kappa shape index (κ1) is 32.0. The molecular weight excluding hydrogens is 677 g/mol. The van der Waals surface area contributed by atoms with E-state index in [1.54, 1.807) is 0 Å². The average Bonchev–Trinajstić information content (AvgIpc) is 3.28. The molecule has 1 heterocycles. The van der Waals surface area contributed by atoms with Crippen LogP contribution in [0.25, 0.3) is 110 Å². The van der Waals surface area contributed by atoms with E-state index in [-0.39, 0.29) is 0 Å². The van der Waals surface area contributed by atoms with Crippen LogP contribution in [0.4, 0.5) is 0 Å². The Kier molecular flexibility index (Phi) is 7.53. The standard InChI is InChI=1S/C54H34N2/c1-3-15-37(16-4-1)51-46-21-11-12-22-47(46)52(53-45-20-10-9-14-36(45)29-30-48(51)53)44-28-25-40-32-43(27-24-41(40)33-44)50-34-49(55-54(56-50)38-17-5-2-6-18-38)42-26-23-35-13-7-8-19-39(35)31-42/h1-34H. The van der Waals surface area contributed by atoms with Crippen LogP contribution in [0.2, 0.25) is 0 Å². The van der Waals surface area contributed by atoms with Crippen molar-refractivity contribution in [3.63, 3.8) is 0 Å². The molecule has 0 aliphatic rings. The summed E-state index contributed by atoms with van der Waals surface area (Å²) in [4.78, 5) is 10.3. The number of fused-ring (bicyclic) bond motifs is 6. The fourth-order valence-corrected chi connectivity index (χ4v) is 8.53. The molecule has 11 aromatic rings. The summed E-state index contributed by atoms with van der Waals surface area (Å²) in [6.45, 7) is 0. The summed E-state index contributed by atoms with van der Waals surface area (Å²) in [6, 6.07) is 74.2. The second kappa shape index (κ2) is 13.2. The Morgan fingerprint density at radius 3 is 1.39 bits per heavy atom. The minimum atomic E-state index is 0.714. The monoisotopic (exact) mass is 710 g/mol. The molecule has 1 aromatic heterocycles. The molecule has 0 unspecified atom stereocenters. The molecule has 0 fully saturated rings. The summed E-state index contributed by atoms with van der Waals surface area (Å²) < 4.78 is 0. The summed E-state index contributed by atoms with van der Waals surface area (Å²) in [5.41, 5.74) is 9.89. The lowest BCUT2D eigenvalue weighted by Crippen LogP contribution is -1.96. The maximum atomic E-state index is 5.15. The Balaban J connectivity index is 1.09. The molecule has 2 heteroatoms. The molecule has 2 nitrogen and oxygen atoms in total. The quantitative estimate of drug-likeness (QED) is 0.131. The molecule has 11 rings (SSSR count). The second-order valence-corrected chi connectivity index (χ2v) is 14.5.